The Balaban J connectivity index is 2.05. The van der Waals surface area contributed by atoms with Gasteiger partial charge in [-0.15, -0.1) is 0 Å². The summed E-state index contributed by atoms with van der Waals surface area (Å²) >= 11 is 0. The zero-order valence-corrected chi connectivity index (χ0v) is 16.6. The van der Waals surface area contributed by atoms with Crippen molar-refractivity contribution in [2.45, 2.75) is 26.4 Å². The first-order chi connectivity index (χ1) is 14.5. The Morgan fingerprint density at radius 3 is 2.63 bits per heavy atom. The van der Waals surface area contributed by atoms with E-state index in [9.17, 15) is 14.4 Å². The molecule has 0 bridgehead atoms. The van der Waals surface area contributed by atoms with Gasteiger partial charge < -0.3 is 19.9 Å². The van der Waals surface area contributed by atoms with Gasteiger partial charge in [0.25, 0.3) is 0 Å². The van der Waals surface area contributed by atoms with E-state index in [4.69, 9.17) is 19.9 Å². The van der Waals surface area contributed by atoms with Gasteiger partial charge in [0.15, 0.2) is 11.6 Å². The van der Waals surface area contributed by atoms with Crippen molar-refractivity contribution in [1.29, 1.82) is 5.26 Å². The molecule has 3 rings (SSSR count). The van der Waals surface area contributed by atoms with Crippen LogP contribution in [0.25, 0.3) is 0 Å². The normalized spacial score (nSPS) is 16.0. The van der Waals surface area contributed by atoms with Crippen LogP contribution in [-0.2, 0) is 20.9 Å². The van der Waals surface area contributed by atoms with Crippen LogP contribution in [0, 0.1) is 17.1 Å². The number of allylic oxidation sites excluding steroid dienone is 2. The molecule has 0 fully saturated rings. The van der Waals surface area contributed by atoms with Crippen molar-refractivity contribution in [2.24, 2.45) is 5.73 Å². The standard InChI is InChI=1S/C23H21FN2O4/c1-3-28-23(27)20-14(2)30-22(26)17(12-25)21(20)16-9-5-4-8-15(16)13-29-19-11-7-6-10-18(19)24/h4-11,21H,3,13,26H2,1-2H3. The summed E-state index contributed by atoms with van der Waals surface area (Å²) < 4.78 is 30.2. The van der Waals surface area contributed by atoms with Gasteiger partial charge in [0.1, 0.15) is 24.0 Å². The Hall–Kier alpha value is -3.79. The fourth-order valence-electron chi connectivity index (χ4n) is 3.33. The van der Waals surface area contributed by atoms with Crippen LogP contribution in [0.4, 0.5) is 4.39 Å². The summed E-state index contributed by atoms with van der Waals surface area (Å²) in [5.41, 5.74) is 7.53. The van der Waals surface area contributed by atoms with Gasteiger partial charge in [-0.3, -0.25) is 0 Å². The van der Waals surface area contributed by atoms with E-state index in [0.29, 0.717) is 11.1 Å². The Morgan fingerprint density at radius 1 is 1.23 bits per heavy atom. The number of esters is 1. The van der Waals surface area contributed by atoms with Crippen LogP contribution >= 0.6 is 0 Å². The lowest BCUT2D eigenvalue weighted by molar-refractivity contribution is -0.139. The Morgan fingerprint density at radius 2 is 1.93 bits per heavy atom. The molecule has 1 unspecified atom stereocenters. The summed E-state index contributed by atoms with van der Waals surface area (Å²) in [5.74, 6) is -1.57. The van der Waals surface area contributed by atoms with Gasteiger partial charge in [0.05, 0.1) is 18.1 Å². The minimum Gasteiger partial charge on any atom is -0.486 e. The SMILES string of the molecule is CCOC(=O)C1=C(C)OC(N)=C(C#N)C1c1ccccc1COc1ccccc1F. The molecule has 0 amide bonds. The van der Waals surface area contributed by atoms with Crippen molar-refractivity contribution >= 4 is 5.97 Å². The van der Waals surface area contributed by atoms with E-state index in [-0.39, 0.29) is 41.8 Å². The molecule has 0 saturated carbocycles. The molecule has 1 atom stereocenters. The van der Waals surface area contributed by atoms with Gasteiger partial charge in [0.2, 0.25) is 5.88 Å². The summed E-state index contributed by atoms with van der Waals surface area (Å²) in [6.07, 6.45) is 0. The van der Waals surface area contributed by atoms with E-state index in [1.54, 1.807) is 50.2 Å². The first-order valence-corrected chi connectivity index (χ1v) is 9.38. The van der Waals surface area contributed by atoms with Gasteiger partial charge >= 0.3 is 5.97 Å². The number of ether oxygens (including phenoxy) is 3. The fraction of sp³-hybridized carbons (Fsp3) is 0.217. The highest BCUT2D eigenvalue weighted by Gasteiger charge is 2.37. The van der Waals surface area contributed by atoms with Crippen molar-refractivity contribution < 1.29 is 23.4 Å². The number of benzene rings is 2. The summed E-state index contributed by atoms with van der Waals surface area (Å²) in [4.78, 5) is 12.7. The van der Waals surface area contributed by atoms with Crippen molar-refractivity contribution in [2.75, 3.05) is 6.61 Å². The van der Waals surface area contributed by atoms with Gasteiger partial charge in [0, 0.05) is 0 Å². The van der Waals surface area contributed by atoms with Crippen LogP contribution in [0.1, 0.15) is 30.9 Å². The minimum absolute atomic E-state index is 0.0300. The molecule has 0 aliphatic carbocycles. The highest BCUT2D eigenvalue weighted by molar-refractivity contribution is 5.92. The molecule has 0 aromatic heterocycles. The third-order valence-corrected chi connectivity index (χ3v) is 4.69. The van der Waals surface area contributed by atoms with E-state index in [2.05, 4.69) is 0 Å². The highest BCUT2D eigenvalue weighted by Crippen LogP contribution is 2.41. The van der Waals surface area contributed by atoms with Gasteiger partial charge in [-0.1, -0.05) is 36.4 Å². The molecule has 1 heterocycles. The summed E-state index contributed by atoms with van der Waals surface area (Å²) in [5, 5.41) is 9.72. The zero-order chi connectivity index (χ0) is 21.7. The number of rotatable bonds is 6. The average Bonchev–Trinajstić information content (AvgIpc) is 2.73. The lowest BCUT2D eigenvalue weighted by Gasteiger charge is -2.28. The molecular weight excluding hydrogens is 387 g/mol. The molecule has 7 heteroatoms. The number of hydrogen-bond acceptors (Lipinski definition) is 6. The second-order valence-corrected chi connectivity index (χ2v) is 6.53. The molecule has 2 aromatic carbocycles. The third kappa shape index (κ3) is 4.13. The maximum Gasteiger partial charge on any atom is 0.338 e. The van der Waals surface area contributed by atoms with Crippen LogP contribution in [-0.4, -0.2) is 12.6 Å². The molecule has 0 spiro atoms. The van der Waals surface area contributed by atoms with E-state index in [1.165, 1.54) is 12.1 Å². The summed E-state index contributed by atoms with van der Waals surface area (Å²) in [7, 11) is 0. The third-order valence-electron chi connectivity index (χ3n) is 4.69. The molecule has 0 saturated heterocycles. The second kappa shape index (κ2) is 9.14. The van der Waals surface area contributed by atoms with E-state index >= 15 is 0 Å². The van der Waals surface area contributed by atoms with Crippen molar-refractivity contribution in [3.8, 4) is 11.8 Å². The van der Waals surface area contributed by atoms with Crippen molar-refractivity contribution in [3.05, 3.63) is 88.3 Å². The lowest BCUT2D eigenvalue weighted by atomic mass is 9.81. The van der Waals surface area contributed by atoms with E-state index in [1.807, 2.05) is 6.07 Å². The Bertz CT molecular complexity index is 1070. The Labute approximate surface area is 174 Å². The number of nitrogens with two attached hydrogens (primary N) is 1. The number of para-hydroxylation sites is 1. The average molecular weight is 408 g/mol. The van der Waals surface area contributed by atoms with Crippen molar-refractivity contribution in [1.82, 2.24) is 0 Å². The first-order valence-electron chi connectivity index (χ1n) is 9.38. The Kier molecular flexibility index (Phi) is 6.38. The van der Waals surface area contributed by atoms with Crippen LogP contribution in [0.5, 0.6) is 5.75 Å². The molecular formula is C23H21FN2O4. The number of carbonyl (C=O) groups is 1. The molecule has 0 radical (unpaired) electrons. The lowest BCUT2D eigenvalue weighted by Crippen LogP contribution is -2.26. The predicted octanol–water partition coefficient (Wildman–Crippen LogP) is 4.05. The number of halogens is 1. The maximum absolute atomic E-state index is 13.9. The molecule has 30 heavy (non-hydrogen) atoms. The topological polar surface area (TPSA) is 94.6 Å². The highest BCUT2D eigenvalue weighted by atomic mass is 19.1. The molecule has 154 valence electrons. The maximum atomic E-state index is 13.9. The van der Waals surface area contributed by atoms with Crippen LogP contribution in [0.2, 0.25) is 0 Å². The van der Waals surface area contributed by atoms with Gasteiger partial charge in [-0.05, 0) is 37.1 Å². The number of nitrogens with zero attached hydrogens (tertiary/aromatic N) is 1. The monoisotopic (exact) mass is 408 g/mol. The fourth-order valence-corrected chi connectivity index (χ4v) is 3.33. The molecule has 6 nitrogen and oxygen atoms in total. The van der Waals surface area contributed by atoms with E-state index in [0.717, 1.165) is 0 Å². The predicted molar refractivity (Wildman–Crippen MR) is 107 cm³/mol. The van der Waals surface area contributed by atoms with E-state index < -0.39 is 17.7 Å². The van der Waals surface area contributed by atoms with Crippen LogP contribution < -0.4 is 10.5 Å². The summed E-state index contributed by atoms with van der Waals surface area (Å²) in [6.45, 7) is 3.49. The van der Waals surface area contributed by atoms with Gasteiger partial charge in [-0.2, -0.15) is 5.26 Å². The number of nitriles is 1. The van der Waals surface area contributed by atoms with Crippen LogP contribution in [0.3, 0.4) is 0 Å². The first kappa shape index (κ1) is 20.9. The molecule has 1 aliphatic rings. The summed E-state index contributed by atoms with van der Waals surface area (Å²) in [6, 6.07) is 15.3. The second-order valence-electron chi connectivity index (χ2n) is 6.53. The smallest absolute Gasteiger partial charge is 0.338 e. The molecule has 1 aliphatic heterocycles. The quantitative estimate of drug-likeness (QED) is 0.725. The number of carbonyl (C=O) groups excluding carboxylic acids is 1. The molecule has 2 N–H and O–H groups in total. The van der Waals surface area contributed by atoms with Gasteiger partial charge in [-0.25, -0.2) is 9.18 Å². The van der Waals surface area contributed by atoms with Crippen molar-refractivity contribution in [3.63, 3.8) is 0 Å². The minimum atomic E-state index is -0.789. The zero-order valence-electron chi connectivity index (χ0n) is 16.6. The number of hydrogen-bond donors (Lipinski definition) is 1. The molecule has 2 aromatic rings. The van der Waals surface area contributed by atoms with Crippen LogP contribution in [0.15, 0.2) is 71.3 Å². The largest absolute Gasteiger partial charge is 0.486 e.